The van der Waals surface area contributed by atoms with Crippen molar-refractivity contribution < 1.29 is 28.6 Å². The molecule has 3 amide bonds. The molecule has 11 heteroatoms. The van der Waals surface area contributed by atoms with E-state index in [9.17, 15) is 14.4 Å². The maximum Gasteiger partial charge on any atom is 0.427 e. The molecule has 0 radical (unpaired) electrons. The van der Waals surface area contributed by atoms with Crippen molar-refractivity contribution in [2.75, 3.05) is 22.9 Å². The molecule has 242 valence electrons. The van der Waals surface area contributed by atoms with Crippen LogP contribution in [0.2, 0.25) is 0 Å². The Bertz CT molecular complexity index is 1280. The first-order chi connectivity index (χ1) is 20.4. The van der Waals surface area contributed by atoms with Gasteiger partial charge in [-0.15, -0.1) is 4.90 Å². The molecule has 1 aromatic carbocycles. The number of anilines is 2. The van der Waals surface area contributed by atoms with Gasteiger partial charge in [0.05, 0.1) is 5.69 Å². The Hall–Kier alpha value is -3.73. The van der Waals surface area contributed by atoms with Crippen molar-refractivity contribution in [2.45, 2.75) is 118 Å². The molecular weight excluding hydrogens is 562 g/mol. The van der Waals surface area contributed by atoms with Crippen molar-refractivity contribution in [3.8, 4) is 0 Å². The predicted molar refractivity (Wildman–Crippen MR) is 170 cm³/mol. The normalized spacial score (nSPS) is 14.0. The molecule has 0 saturated heterocycles. The Balaban J connectivity index is 2.19. The molecule has 1 aliphatic heterocycles. The lowest BCUT2D eigenvalue weighted by molar-refractivity contribution is 0.0426. The number of carbonyl (C=O) groups is 3. The topological polar surface area (TPSA) is 114 Å². The van der Waals surface area contributed by atoms with Crippen LogP contribution in [0.1, 0.15) is 98.9 Å². The molecule has 2 heterocycles. The van der Waals surface area contributed by atoms with Crippen molar-refractivity contribution in [1.29, 1.82) is 0 Å². The second-order valence-electron chi connectivity index (χ2n) is 14.0. The van der Waals surface area contributed by atoms with Crippen LogP contribution >= 0.6 is 0 Å². The van der Waals surface area contributed by atoms with Crippen LogP contribution in [0.15, 0.2) is 30.3 Å². The number of hydrogen-bond acceptors (Lipinski definition) is 9. The molecule has 1 aromatic heterocycles. The van der Waals surface area contributed by atoms with Gasteiger partial charge < -0.3 is 14.2 Å². The van der Waals surface area contributed by atoms with Crippen LogP contribution < -0.4 is 9.80 Å². The number of fused-ring (bicyclic) bond motifs is 1. The maximum atomic E-state index is 13.7. The fourth-order valence-electron chi connectivity index (χ4n) is 4.51. The fraction of sp³-hybridized carbons (Fsp3) is 0.606. The number of nitrogens with zero attached hydrogens (tertiary/aromatic N) is 5. The van der Waals surface area contributed by atoms with Gasteiger partial charge in [-0.2, -0.15) is 4.98 Å². The van der Waals surface area contributed by atoms with Crippen molar-refractivity contribution in [2.24, 2.45) is 0 Å². The monoisotopic (exact) mass is 611 g/mol. The maximum absolute atomic E-state index is 13.7. The third-order valence-corrected chi connectivity index (χ3v) is 6.31. The third-order valence-electron chi connectivity index (χ3n) is 6.31. The third kappa shape index (κ3) is 10.2. The molecule has 3 rings (SSSR count). The van der Waals surface area contributed by atoms with E-state index in [2.05, 4.69) is 17.0 Å². The fourth-order valence-corrected chi connectivity index (χ4v) is 4.51. The van der Waals surface area contributed by atoms with E-state index in [0.717, 1.165) is 17.5 Å². The van der Waals surface area contributed by atoms with Crippen molar-refractivity contribution in [1.82, 2.24) is 14.9 Å². The van der Waals surface area contributed by atoms with Crippen LogP contribution in [0.3, 0.4) is 0 Å². The first-order valence-corrected chi connectivity index (χ1v) is 15.3. The number of imide groups is 1. The molecule has 0 unspecified atom stereocenters. The number of hydrogen-bond donors (Lipinski definition) is 0. The van der Waals surface area contributed by atoms with Gasteiger partial charge in [-0.25, -0.2) is 19.4 Å². The summed E-state index contributed by atoms with van der Waals surface area (Å²) >= 11 is 0. The summed E-state index contributed by atoms with van der Waals surface area (Å²) in [5, 5.41) is 0. The van der Waals surface area contributed by atoms with Gasteiger partial charge in [-0.1, -0.05) is 43.7 Å². The highest BCUT2D eigenvalue weighted by molar-refractivity contribution is 6.08. The minimum atomic E-state index is -0.975. The molecular formula is C33H49N5O6. The number of carbonyl (C=O) groups excluding carboxylic acids is 3. The van der Waals surface area contributed by atoms with E-state index in [0.29, 0.717) is 55.4 Å². The molecule has 44 heavy (non-hydrogen) atoms. The molecule has 1 aliphatic rings. The zero-order valence-corrected chi connectivity index (χ0v) is 28.0. The Labute approximate surface area is 261 Å². The average Bonchev–Trinajstić information content (AvgIpc) is 2.86. The molecule has 0 bridgehead atoms. The number of benzene rings is 1. The minimum Gasteiger partial charge on any atom is -0.443 e. The Morgan fingerprint density at radius 2 is 1.36 bits per heavy atom. The molecule has 0 saturated carbocycles. The zero-order valence-electron chi connectivity index (χ0n) is 28.0. The van der Waals surface area contributed by atoms with Gasteiger partial charge in [0, 0.05) is 38.2 Å². The standard InChI is InChI=1S/C33H49N5O6/c1-11-12-19-37(28(39)42-31(2,3)4)26-24-22-36(21-23-16-14-13-15-17-23)20-18-25(24)34-27(35-26)38(29(40)43-32(5,6)7)30(41)44-33(8,9)10/h13-17H,11-12,18-22H2,1-10H3. The van der Waals surface area contributed by atoms with Crippen LogP contribution in [0.5, 0.6) is 0 Å². The SMILES string of the molecule is CCCCN(C(=O)OC(C)(C)C)c1nc(N(C(=O)OC(C)(C)C)C(=O)OC(C)(C)C)nc2c1CN(Cc1ccccc1)CC2. The van der Waals surface area contributed by atoms with Gasteiger partial charge in [-0.05, 0) is 74.3 Å². The first kappa shape index (κ1) is 34.8. The summed E-state index contributed by atoms with van der Waals surface area (Å²) in [4.78, 5) is 54.6. The van der Waals surface area contributed by atoms with Gasteiger partial charge in [0.15, 0.2) is 0 Å². The van der Waals surface area contributed by atoms with Gasteiger partial charge in [0.25, 0.3) is 0 Å². The largest absolute Gasteiger partial charge is 0.443 e. The van der Waals surface area contributed by atoms with Crippen molar-refractivity contribution >= 4 is 30.0 Å². The number of ether oxygens (including phenoxy) is 3. The summed E-state index contributed by atoms with van der Waals surface area (Å²) in [6.07, 6.45) is -0.506. The summed E-state index contributed by atoms with van der Waals surface area (Å²) in [6, 6.07) is 10.1. The van der Waals surface area contributed by atoms with Crippen LogP contribution in [0.4, 0.5) is 26.1 Å². The van der Waals surface area contributed by atoms with Gasteiger partial charge in [-0.3, -0.25) is 9.80 Å². The lowest BCUT2D eigenvalue weighted by Crippen LogP contribution is -2.46. The molecule has 0 fully saturated rings. The molecule has 0 spiro atoms. The molecule has 0 N–H and O–H groups in total. The number of rotatable bonds is 7. The number of aromatic nitrogens is 2. The highest BCUT2D eigenvalue weighted by Crippen LogP contribution is 2.32. The van der Waals surface area contributed by atoms with Gasteiger partial charge in [0.1, 0.15) is 22.6 Å². The van der Waals surface area contributed by atoms with E-state index < -0.39 is 35.1 Å². The summed E-state index contributed by atoms with van der Waals surface area (Å²) < 4.78 is 17.0. The first-order valence-electron chi connectivity index (χ1n) is 15.3. The summed E-state index contributed by atoms with van der Waals surface area (Å²) in [7, 11) is 0. The molecule has 2 aromatic rings. The summed E-state index contributed by atoms with van der Waals surface area (Å²) in [5.41, 5.74) is -0.0317. The van der Waals surface area contributed by atoms with Crippen LogP contribution in [0, 0.1) is 0 Å². The van der Waals surface area contributed by atoms with Gasteiger partial charge in [0.2, 0.25) is 5.95 Å². The second-order valence-corrected chi connectivity index (χ2v) is 14.0. The highest BCUT2D eigenvalue weighted by atomic mass is 16.6. The number of amides is 3. The Morgan fingerprint density at radius 1 is 0.818 bits per heavy atom. The van der Waals surface area contributed by atoms with E-state index in [4.69, 9.17) is 24.2 Å². The average molecular weight is 612 g/mol. The van der Waals surface area contributed by atoms with Crippen molar-refractivity contribution in [3.05, 3.63) is 47.2 Å². The van der Waals surface area contributed by atoms with E-state index in [1.54, 1.807) is 62.3 Å². The Kier molecular flexibility index (Phi) is 11.0. The van der Waals surface area contributed by atoms with Gasteiger partial charge >= 0.3 is 18.3 Å². The highest BCUT2D eigenvalue weighted by Gasteiger charge is 2.38. The quantitative estimate of drug-likeness (QED) is 0.299. The van der Waals surface area contributed by atoms with E-state index in [1.807, 2.05) is 25.1 Å². The summed E-state index contributed by atoms with van der Waals surface area (Å²) in [6.45, 7) is 19.8. The van der Waals surface area contributed by atoms with Crippen LogP contribution in [0.25, 0.3) is 0 Å². The smallest absolute Gasteiger partial charge is 0.427 e. The predicted octanol–water partition coefficient (Wildman–Crippen LogP) is 7.25. The van der Waals surface area contributed by atoms with E-state index in [1.165, 1.54) is 4.90 Å². The summed E-state index contributed by atoms with van der Waals surface area (Å²) in [5.74, 6) is 0.0754. The Morgan fingerprint density at radius 3 is 1.89 bits per heavy atom. The van der Waals surface area contributed by atoms with Crippen LogP contribution in [-0.4, -0.2) is 63.0 Å². The molecule has 0 aliphatic carbocycles. The number of unbranched alkanes of at least 4 members (excludes halogenated alkanes) is 1. The van der Waals surface area contributed by atoms with E-state index in [-0.39, 0.29) is 5.95 Å². The second kappa shape index (κ2) is 13.9. The minimum absolute atomic E-state index is 0.219. The van der Waals surface area contributed by atoms with Crippen molar-refractivity contribution in [3.63, 3.8) is 0 Å². The molecule has 11 nitrogen and oxygen atoms in total. The lowest BCUT2D eigenvalue weighted by Gasteiger charge is -2.34. The van der Waals surface area contributed by atoms with E-state index >= 15 is 0 Å². The molecule has 0 atom stereocenters. The lowest BCUT2D eigenvalue weighted by atomic mass is 10.0. The zero-order chi connectivity index (χ0) is 32.9. The van der Waals surface area contributed by atoms with Crippen LogP contribution in [-0.2, 0) is 33.7 Å².